The van der Waals surface area contributed by atoms with Crippen molar-refractivity contribution in [3.8, 4) is 17.2 Å². The normalized spacial score (nSPS) is 17.0. The van der Waals surface area contributed by atoms with Gasteiger partial charge in [-0.05, 0) is 144 Å². The van der Waals surface area contributed by atoms with Crippen LogP contribution in [0.3, 0.4) is 0 Å². The van der Waals surface area contributed by atoms with Gasteiger partial charge in [0.25, 0.3) is 0 Å². The van der Waals surface area contributed by atoms with Crippen molar-refractivity contribution in [2.24, 2.45) is 17.8 Å². The fraction of sp³-hybridized carbons (Fsp3) is 0.295. The first kappa shape index (κ1) is 52.4. The van der Waals surface area contributed by atoms with Crippen molar-refractivity contribution in [2.45, 2.75) is 106 Å². The maximum Gasteiger partial charge on any atom is 0.206 e. The lowest BCUT2D eigenvalue weighted by Crippen LogP contribution is -2.33. The Bertz CT molecular complexity index is 2940. The minimum atomic E-state index is -3.59. The molecular weight excluding hydrogens is 908 g/mol. The lowest BCUT2D eigenvalue weighted by atomic mass is 9.73. The molecule has 7 aromatic carbocycles. The first-order valence-electron chi connectivity index (χ1n) is 24.7. The summed E-state index contributed by atoms with van der Waals surface area (Å²) in [6.07, 6.45) is 10.6. The zero-order chi connectivity index (χ0) is 50.2. The van der Waals surface area contributed by atoms with Crippen LogP contribution in [0.1, 0.15) is 103 Å². The van der Waals surface area contributed by atoms with Crippen LogP contribution in [0.15, 0.2) is 180 Å². The van der Waals surface area contributed by atoms with Crippen LogP contribution < -0.4 is 5.32 Å². The number of nitrogens with zero attached hydrogens (tertiary/aromatic N) is 1. The molecule has 368 valence electrons. The van der Waals surface area contributed by atoms with Crippen molar-refractivity contribution in [3.63, 3.8) is 0 Å². The molecule has 0 bridgehead atoms. The van der Waals surface area contributed by atoms with Crippen LogP contribution in [-0.2, 0) is 29.5 Å². The number of fused-ring (bicyclic) bond motifs is 2. The fourth-order valence-corrected chi connectivity index (χ4v) is 11.2. The zero-order valence-corrected chi connectivity index (χ0v) is 41.2. The van der Waals surface area contributed by atoms with E-state index in [1.165, 1.54) is 61.1 Å². The number of hydrogen-bond acceptors (Lipinski definition) is 8. The number of aryl methyl sites for hydroxylation is 1. The van der Waals surface area contributed by atoms with Gasteiger partial charge in [0.1, 0.15) is 11.9 Å². The molecule has 10 rings (SSSR count). The number of halogens is 1. The van der Waals surface area contributed by atoms with Crippen molar-refractivity contribution in [2.75, 3.05) is 5.32 Å². The van der Waals surface area contributed by atoms with E-state index in [-0.39, 0.29) is 40.8 Å². The molecule has 7 aromatic rings. The van der Waals surface area contributed by atoms with Crippen LogP contribution >= 0.6 is 0 Å². The van der Waals surface area contributed by atoms with Gasteiger partial charge in [-0.1, -0.05) is 147 Å². The minimum absolute atomic E-state index is 0.0939. The smallest absolute Gasteiger partial charge is 0.206 e. The predicted octanol–water partition coefficient (Wildman–Crippen LogP) is 13.0. The Kier molecular flexibility index (Phi) is 18.9. The van der Waals surface area contributed by atoms with Crippen molar-refractivity contribution >= 4 is 21.2 Å². The topological polar surface area (TPSA) is 151 Å². The van der Waals surface area contributed by atoms with Gasteiger partial charge in [0.2, 0.25) is 9.84 Å². The number of para-hydroxylation sites is 1. The van der Waals surface area contributed by atoms with E-state index in [1.807, 2.05) is 85.8 Å². The van der Waals surface area contributed by atoms with Gasteiger partial charge < -0.3 is 25.7 Å². The first-order valence-corrected chi connectivity index (χ1v) is 26.2. The molecule has 2 saturated carbocycles. The maximum atomic E-state index is 13.4. The molecular formula is C61H65FN2O6S. The zero-order valence-electron chi connectivity index (χ0n) is 40.4. The van der Waals surface area contributed by atoms with Gasteiger partial charge in [0.05, 0.1) is 35.2 Å². The van der Waals surface area contributed by atoms with Crippen molar-refractivity contribution in [1.29, 1.82) is 5.26 Å². The van der Waals surface area contributed by atoms with Crippen LogP contribution in [0.2, 0.25) is 0 Å². The lowest BCUT2D eigenvalue weighted by Gasteiger charge is -2.35. The number of rotatable bonds is 9. The summed E-state index contributed by atoms with van der Waals surface area (Å²) in [5, 5.41) is 51.4. The molecule has 0 saturated heterocycles. The average molecular weight is 973 g/mol. The number of hydrogen-bond donors (Lipinski definition) is 5. The largest absolute Gasteiger partial charge is 0.393 e. The third-order valence-corrected chi connectivity index (χ3v) is 15.6. The van der Waals surface area contributed by atoms with Crippen LogP contribution in [-0.4, -0.2) is 34.9 Å². The molecule has 3 aliphatic rings. The first-order chi connectivity index (χ1) is 34.5. The second-order valence-electron chi connectivity index (χ2n) is 18.7. The van der Waals surface area contributed by atoms with Crippen LogP contribution in [0.5, 0.6) is 0 Å². The third kappa shape index (κ3) is 13.9. The molecule has 10 heteroatoms. The number of aliphatic hydroxyl groups is 4. The lowest BCUT2D eigenvalue weighted by molar-refractivity contribution is 0.0134. The standard InChI is InChI=1S/C19H16O3S.C14H13FO.C14H13NO.C14H23NO/c20-19(15-8-3-1-4-9-15)16-10-7-13-18(14-16)23(21,22)17-11-5-2-6-12-17;1-10-7-14(15)12(9-16)8-13(10)11-5-3-2-4-6-11;16-9-10-5-6-12-8-11-3-1-2-4-13(11)15-14(12)7-10;15-10-11-5-4-8-13(9-11)14(16)12-6-2-1-3-7-12/h1-14,19-20H;2-8,16H,9H2,1H3;1-7,15-16H,8-9H2;11-14,16H,1-9H2. The quantitative estimate of drug-likeness (QED) is 0.0959. The van der Waals surface area contributed by atoms with Gasteiger partial charge in [0, 0.05) is 29.3 Å². The van der Waals surface area contributed by atoms with E-state index in [9.17, 15) is 23.0 Å². The molecule has 5 N–H and O–H groups in total. The summed E-state index contributed by atoms with van der Waals surface area (Å²) in [5.74, 6) is 0.786. The summed E-state index contributed by atoms with van der Waals surface area (Å²) in [5.41, 5.74) is 10.3. The van der Waals surface area contributed by atoms with E-state index in [0.29, 0.717) is 23.0 Å². The second kappa shape index (κ2) is 25.6. The van der Waals surface area contributed by atoms with Gasteiger partial charge in [-0.25, -0.2) is 12.8 Å². The maximum absolute atomic E-state index is 13.4. The van der Waals surface area contributed by atoms with Crippen LogP contribution in [0.4, 0.5) is 15.8 Å². The molecule has 0 radical (unpaired) electrons. The molecule has 0 amide bonds. The van der Waals surface area contributed by atoms with E-state index < -0.39 is 15.9 Å². The third-order valence-electron chi connectivity index (χ3n) is 13.8. The Labute approximate surface area is 419 Å². The summed E-state index contributed by atoms with van der Waals surface area (Å²) in [6.45, 7) is 1.69. The molecule has 2 aliphatic carbocycles. The molecule has 4 atom stereocenters. The summed E-state index contributed by atoms with van der Waals surface area (Å²) >= 11 is 0. The number of nitrogens with one attached hydrogen (secondary N) is 1. The highest BCUT2D eigenvalue weighted by atomic mass is 32.2. The van der Waals surface area contributed by atoms with E-state index in [2.05, 4.69) is 35.7 Å². The minimum Gasteiger partial charge on any atom is -0.393 e. The van der Waals surface area contributed by atoms with Gasteiger partial charge in [-0.15, -0.1) is 0 Å². The Hall–Kier alpha value is -6.45. The van der Waals surface area contributed by atoms with Gasteiger partial charge >= 0.3 is 0 Å². The summed E-state index contributed by atoms with van der Waals surface area (Å²) in [6, 6.07) is 53.6. The monoisotopic (exact) mass is 972 g/mol. The number of sulfone groups is 1. The fourth-order valence-electron chi connectivity index (χ4n) is 9.84. The molecule has 2 fully saturated rings. The van der Waals surface area contributed by atoms with Crippen molar-refractivity contribution in [3.05, 3.63) is 215 Å². The van der Waals surface area contributed by atoms with Gasteiger partial charge in [-0.2, -0.15) is 5.26 Å². The number of benzene rings is 7. The SMILES string of the molecule is Cc1cc(F)c(CO)cc1-c1ccccc1.N#CC1CCCC(C(O)C2CCCCC2)C1.O=S(=O)(c1ccccc1)c1cccc(C(O)c2ccccc2)c1.OCc1ccc2c(c1)Nc1ccccc1C2. The van der Waals surface area contributed by atoms with E-state index in [4.69, 9.17) is 15.5 Å². The summed E-state index contributed by atoms with van der Waals surface area (Å²) in [4.78, 5) is 0.419. The second-order valence-corrected chi connectivity index (χ2v) is 20.7. The summed E-state index contributed by atoms with van der Waals surface area (Å²) in [7, 11) is -3.59. The number of aliphatic hydroxyl groups excluding tert-OH is 4. The predicted molar refractivity (Wildman–Crippen MR) is 280 cm³/mol. The molecule has 71 heavy (non-hydrogen) atoms. The number of anilines is 2. The molecule has 1 aliphatic heterocycles. The summed E-state index contributed by atoms with van der Waals surface area (Å²) < 4.78 is 38.7. The van der Waals surface area contributed by atoms with Crippen molar-refractivity contribution in [1.82, 2.24) is 0 Å². The van der Waals surface area contributed by atoms with Crippen LogP contribution in [0.25, 0.3) is 11.1 Å². The highest BCUT2D eigenvalue weighted by Crippen LogP contribution is 2.38. The Morgan fingerprint density at radius 2 is 1.25 bits per heavy atom. The highest BCUT2D eigenvalue weighted by Gasteiger charge is 2.32. The molecule has 4 unspecified atom stereocenters. The molecule has 0 spiro atoms. The van der Waals surface area contributed by atoms with E-state index >= 15 is 0 Å². The van der Waals surface area contributed by atoms with E-state index in [1.54, 1.807) is 54.6 Å². The van der Waals surface area contributed by atoms with E-state index in [0.717, 1.165) is 65.6 Å². The highest BCUT2D eigenvalue weighted by molar-refractivity contribution is 7.91. The van der Waals surface area contributed by atoms with Crippen molar-refractivity contribution < 1.29 is 33.2 Å². The Morgan fingerprint density at radius 3 is 1.94 bits per heavy atom. The Morgan fingerprint density at radius 1 is 0.634 bits per heavy atom. The molecule has 1 heterocycles. The average Bonchev–Trinajstić information content (AvgIpc) is 3.43. The molecule has 0 aromatic heterocycles. The Balaban J connectivity index is 0.000000141. The van der Waals surface area contributed by atoms with Crippen LogP contribution in [0, 0.1) is 41.8 Å². The van der Waals surface area contributed by atoms with Gasteiger partial charge in [-0.3, -0.25) is 0 Å². The molecule has 8 nitrogen and oxygen atoms in total. The number of nitriles is 1. The van der Waals surface area contributed by atoms with Gasteiger partial charge in [0.15, 0.2) is 0 Å².